The lowest BCUT2D eigenvalue weighted by Crippen LogP contribution is -2.50. The molecule has 1 saturated heterocycles. The molecule has 0 spiro atoms. The van der Waals surface area contributed by atoms with Gasteiger partial charge in [0.1, 0.15) is 0 Å². The van der Waals surface area contributed by atoms with Crippen LogP contribution in [0.5, 0.6) is 0 Å². The molecule has 0 atom stereocenters. The fourth-order valence-electron chi connectivity index (χ4n) is 2.96. The van der Waals surface area contributed by atoms with Crippen molar-refractivity contribution < 1.29 is 9.53 Å². The van der Waals surface area contributed by atoms with Crippen LogP contribution in [0.2, 0.25) is 0 Å². The molecule has 1 aliphatic rings. The van der Waals surface area contributed by atoms with E-state index in [0.29, 0.717) is 26.1 Å². The zero-order valence-corrected chi connectivity index (χ0v) is 17.1. The van der Waals surface area contributed by atoms with Gasteiger partial charge in [0.05, 0.1) is 0 Å². The second-order valence-electron chi connectivity index (χ2n) is 6.50. The minimum Gasteiger partial charge on any atom is -0.382 e. The first kappa shape index (κ1) is 21.9. The summed E-state index contributed by atoms with van der Waals surface area (Å²) in [6.07, 6.45) is 5.98. The summed E-state index contributed by atoms with van der Waals surface area (Å²) in [4.78, 5) is 29.2. The topological polar surface area (TPSA) is 95.0 Å². The van der Waals surface area contributed by atoms with E-state index in [-0.39, 0.29) is 5.91 Å². The van der Waals surface area contributed by atoms with Crippen molar-refractivity contribution in [2.75, 3.05) is 64.4 Å². The zero-order chi connectivity index (χ0) is 20.0. The van der Waals surface area contributed by atoms with Crippen LogP contribution in [0.15, 0.2) is 23.5 Å². The molecule has 156 valence electrons. The van der Waals surface area contributed by atoms with Crippen molar-refractivity contribution in [3.63, 3.8) is 0 Å². The van der Waals surface area contributed by atoms with Gasteiger partial charge in [0, 0.05) is 78.3 Å². The molecule has 9 nitrogen and oxygen atoms in total. The number of anilines is 1. The van der Waals surface area contributed by atoms with Gasteiger partial charge < -0.3 is 25.2 Å². The van der Waals surface area contributed by atoms with Crippen LogP contribution in [0, 0.1) is 0 Å². The van der Waals surface area contributed by atoms with Crippen molar-refractivity contribution >= 4 is 17.8 Å². The van der Waals surface area contributed by atoms with Crippen LogP contribution in [-0.2, 0) is 9.53 Å². The number of piperazine rings is 1. The van der Waals surface area contributed by atoms with Gasteiger partial charge in [-0.1, -0.05) is 0 Å². The number of aliphatic imine (C=N–C) groups is 1. The van der Waals surface area contributed by atoms with E-state index in [4.69, 9.17) is 4.74 Å². The van der Waals surface area contributed by atoms with Crippen molar-refractivity contribution in [1.29, 1.82) is 0 Å². The average molecular weight is 392 g/mol. The van der Waals surface area contributed by atoms with Gasteiger partial charge in [0.2, 0.25) is 11.9 Å². The van der Waals surface area contributed by atoms with Gasteiger partial charge in [-0.25, -0.2) is 9.97 Å². The highest BCUT2D eigenvalue weighted by Crippen LogP contribution is 2.10. The Kier molecular flexibility index (Phi) is 10.1. The molecule has 0 unspecified atom stereocenters. The third-order valence-corrected chi connectivity index (χ3v) is 4.53. The van der Waals surface area contributed by atoms with E-state index in [1.165, 1.54) is 0 Å². The number of rotatable bonds is 10. The molecule has 2 heterocycles. The summed E-state index contributed by atoms with van der Waals surface area (Å²) < 4.78 is 5.32. The molecule has 28 heavy (non-hydrogen) atoms. The molecule has 0 bridgehead atoms. The van der Waals surface area contributed by atoms with Crippen LogP contribution in [0.4, 0.5) is 5.95 Å². The van der Waals surface area contributed by atoms with Crippen molar-refractivity contribution in [3.8, 4) is 0 Å². The Morgan fingerprint density at radius 2 is 1.86 bits per heavy atom. The van der Waals surface area contributed by atoms with Gasteiger partial charge in [-0.05, 0) is 25.8 Å². The largest absolute Gasteiger partial charge is 0.382 e. The van der Waals surface area contributed by atoms with E-state index in [9.17, 15) is 4.79 Å². The maximum absolute atomic E-state index is 12.4. The maximum Gasteiger partial charge on any atom is 0.225 e. The predicted octanol–water partition coefficient (Wildman–Crippen LogP) is 0.497. The summed E-state index contributed by atoms with van der Waals surface area (Å²) in [6.45, 7) is 7.88. The highest BCUT2D eigenvalue weighted by Gasteiger charge is 2.22. The number of hydrogen-bond acceptors (Lipinski definition) is 6. The van der Waals surface area contributed by atoms with Gasteiger partial charge in [0.25, 0.3) is 0 Å². The first-order chi connectivity index (χ1) is 13.7. The lowest BCUT2D eigenvalue weighted by atomic mass is 10.3. The quantitative estimate of drug-likeness (QED) is 0.341. The number of guanidine groups is 1. The van der Waals surface area contributed by atoms with Crippen molar-refractivity contribution in [2.24, 2.45) is 4.99 Å². The summed E-state index contributed by atoms with van der Waals surface area (Å²) in [5.41, 5.74) is 0. The first-order valence-corrected chi connectivity index (χ1v) is 10.1. The molecule has 2 rings (SSSR count). The number of nitrogens with zero attached hydrogens (tertiary/aromatic N) is 5. The van der Waals surface area contributed by atoms with Gasteiger partial charge in [-0.2, -0.15) is 0 Å². The molecule has 1 aromatic rings. The van der Waals surface area contributed by atoms with Crippen molar-refractivity contribution in [2.45, 2.75) is 26.2 Å². The Hall–Kier alpha value is -2.42. The highest BCUT2D eigenvalue weighted by atomic mass is 16.5. The van der Waals surface area contributed by atoms with Crippen molar-refractivity contribution in [3.05, 3.63) is 18.5 Å². The molecule has 0 radical (unpaired) electrons. The number of ether oxygens (including phenoxy) is 1. The standard InChI is InChI=1S/C19H33N7O2/c1-3-28-16-5-4-8-21-18(20-2)22-11-7-17(27)25-12-14-26(15-13-25)19-23-9-6-10-24-19/h6,9-10H,3-5,7-8,11-16H2,1-2H3,(H2,20,21,22). The molecule has 2 N–H and O–H groups in total. The molecule has 1 fully saturated rings. The Bertz CT molecular complexity index is 589. The average Bonchev–Trinajstić information content (AvgIpc) is 2.75. The van der Waals surface area contributed by atoms with Gasteiger partial charge in [0.15, 0.2) is 5.96 Å². The Morgan fingerprint density at radius 3 is 2.54 bits per heavy atom. The number of carbonyl (C=O) groups is 1. The normalized spacial score (nSPS) is 14.9. The number of nitrogens with one attached hydrogen (secondary N) is 2. The second-order valence-corrected chi connectivity index (χ2v) is 6.50. The van der Waals surface area contributed by atoms with E-state index in [1.807, 2.05) is 11.8 Å². The monoisotopic (exact) mass is 391 g/mol. The third-order valence-electron chi connectivity index (χ3n) is 4.53. The molecular formula is C19H33N7O2. The Balaban J connectivity index is 1.59. The minimum atomic E-state index is 0.160. The number of hydrogen-bond donors (Lipinski definition) is 2. The van der Waals surface area contributed by atoms with Gasteiger partial charge >= 0.3 is 0 Å². The summed E-state index contributed by atoms with van der Waals surface area (Å²) in [5, 5.41) is 6.47. The van der Waals surface area contributed by atoms with Gasteiger partial charge in [-0.3, -0.25) is 9.79 Å². The molecule has 9 heteroatoms. The zero-order valence-electron chi connectivity index (χ0n) is 17.1. The molecule has 1 aromatic heterocycles. The molecule has 1 aliphatic heterocycles. The van der Waals surface area contributed by atoms with E-state index >= 15 is 0 Å². The first-order valence-electron chi connectivity index (χ1n) is 10.1. The minimum absolute atomic E-state index is 0.160. The molecule has 0 aromatic carbocycles. The molecule has 0 aliphatic carbocycles. The van der Waals surface area contributed by atoms with Crippen LogP contribution in [-0.4, -0.2) is 86.3 Å². The summed E-state index contributed by atoms with van der Waals surface area (Å²) >= 11 is 0. The lowest BCUT2D eigenvalue weighted by Gasteiger charge is -2.34. The van der Waals surface area contributed by atoms with Crippen LogP contribution in [0.1, 0.15) is 26.2 Å². The summed E-state index contributed by atoms with van der Waals surface area (Å²) in [6, 6.07) is 1.81. The van der Waals surface area contributed by atoms with Crippen LogP contribution in [0.3, 0.4) is 0 Å². The van der Waals surface area contributed by atoms with Crippen molar-refractivity contribution in [1.82, 2.24) is 25.5 Å². The number of unbranched alkanes of at least 4 members (excludes halogenated alkanes) is 1. The second kappa shape index (κ2) is 12.9. The number of carbonyl (C=O) groups excluding carboxylic acids is 1. The SMILES string of the molecule is CCOCCCCNC(=NC)NCCC(=O)N1CCN(c2ncccn2)CC1. The molecule has 1 amide bonds. The third kappa shape index (κ3) is 7.67. The fraction of sp³-hybridized carbons (Fsp3) is 0.684. The Labute approximate surface area is 167 Å². The fourth-order valence-corrected chi connectivity index (χ4v) is 2.96. The number of aromatic nitrogens is 2. The smallest absolute Gasteiger partial charge is 0.225 e. The number of amides is 1. The van der Waals surface area contributed by atoms with Crippen LogP contribution < -0.4 is 15.5 Å². The summed E-state index contributed by atoms with van der Waals surface area (Å²) in [5.74, 6) is 1.62. The molecular weight excluding hydrogens is 358 g/mol. The lowest BCUT2D eigenvalue weighted by molar-refractivity contribution is -0.131. The van der Waals surface area contributed by atoms with Crippen LogP contribution in [0.25, 0.3) is 0 Å². The summed E-state index contributed by atoms with van der Waals surface area (Å²) in [7, 11) is 1.74. The predicted molar refractivity (Wildman–Crippen MR) is 111 cm³/mol. The highest BCUT2D eigenvalue weighted by molar-refractivity contribution is 5.81. The maximum atomic E-state index is 12.4. The van der Waals surface area contributed by atoms with E-state index in [0.717, 1.165) is 57.6 Å². The van der Waals surface area contributed by atoms with E-state index < -0.39 is 0 Å². The van der Waals surface area contributed by atoms with E-state index in [1.54, 1.807) is 25.5 Å². The molecule has 0 saturated carbocycles. The van der Waals surface area contributed by atoms with E-state index in [2.05, 4.69) is 30.5 Å². The van der Waals surface area contributed by atoms with Crippen LogP contribution >= 0.6 is 0 Å². The van der Waals surface area contributed by atoms with Gasteiger partial charge in [-0.15, -0.1) is 0 Å². The Morgan fingerprint density at radius 1 is 1.14 bits per heavy atom.